The molecule has 0 bridgehead atoms. The molecule has 0 aliphatic carbocycles. The zero-order valence-corrected chi connectivity index (χ0v) is 20.0. The van der Waals surface area contributed by atoms with Crippen LogP contribution in [0.25, 0.3) is 20.8 Å². The summed E-state index contributed by atoms with van der Waals surface area (Å²) in [6.45, 7) is 5.80. The molecule has 0 saturated carbocycles. The third-order valence-corrected chi connectivity index (χ3v) is 8.19. The van der Waals surface area contributed by atoms with Gasteiger partial charge in [-0.3, -0.25) is 4.79 Å². The maximum Gasteiger partial charge on any atom is 0.229 e. The molecule has 1 aliphatic rings. The quantitative estimate of drug-likeness (QED) is 0.421. The van der Waals surface area contributed by atoms with Gasteiger partial charge in [-0.1, -0.05) is 41.1 Å². The van der Waals surface area contributed by atoms with E-state index in [1.165, 1.54) is 21.8 Å². The number of carbonyl (C=O) groups excluding carboxylic acids is 1. The summed E-state index contributed by atoms with van der Waals surface area (Å²) in [7, 11) is 0. The van der Waals surface area contributed by atoms with Crippen LogP contribution >= 0.6 is 34.3 Å². The van der Waals surface area contributed by atoms with Crippen molar-refractivity contribution >= 4 is 61.3 Å². The van der Waals surface area contributed by atoms with Gasteiger partial charge >= 0.3 is 0 Å². The number of thiophene rings is 1. The molecule has 1 amide bonds. The molecule has 0 spiro atoms. The minimum atomic E-state index is -0.0680. The molecule has 3 aromatic heterocycles. The van der Waals surface area contributed by atoms with Gasteiger partial charge in [0.05, 0.1) is 10.4 Å². The summed E-state index contributed by atoms with van der Waals surface area (Å²) < 4.78 is 0. The van der Waals surface area contributed by atoms with E-state index in [1.54, 1.807) is 17.7 Å². The Labute approximate surface area is 198 Å². The second-order valence-electron chi connectivity index (χ2n) is 7.80. The Bertz CT molecular complexity index is 1290. The SMILES string of the molecule is Cc1sc2ncnc(N3CCC(C(=O)Nc4nnc(-c5ccccc5Cl)s4)CC3)c2c1C. The summed E-state index contributed by atoms with van der Waals surface area (Å²) in [5.41, 5.74) is 2.06. The molecule has 0 radical (unpaired) electrons. The second kappa shape index (κ2) is 8.73. The first kappa shape index (κ1) is 21.2. The first-order chi connectivity index (χ1) is 15.5. The molecular formula is C22H21ClN6OS2. The first-order valence-electron chi connectivity index (χ1n) is 10.4. The molecule has 1 fully saturated rings. The van der Waals surface area contributed by atoms with Gasteiger partial charge in [0.25, 0.3) is 0 Å². The predicted octanol–water partition coefficient (Wildman–Crippen LogP) is 5.34. The van der Waals surface area contributed by atoms with Gasteiger partial charge in [0, 0.05) is 29.4 Å². The van der Waals surface area contributed by atoms with Crippen LogP contribution in [0, 0.1) is 19.8 Å². The molecule has 164 valence electrons. The molecule has 32 heavy (non-hydrogen) atoms. The van der Waals surface area contributed by atoms with Crippen LogP contribution in [0.3, 0.4) is 0 Å². The normalized spacial score (nSPS) is 14.8. The number of amides is 1. The van der Waals surface area contributed by atoms with Crippen LogP contribution in [0.4, 0.5) is 10.9 Å². The van der Waals surface area contributed by atoms with Crippen molar-refractivity contribution in [2.45, 2.75) is 26.7 Å². The third-order valence-electron chi connectivity index (χ3n) is 5.87. The Morgan fingerprint density at radius 3 is 2.69 bits per heavy atom. The number of carbonyl (C=O) groups is 1. The van der Waals surface area contributed by atoms with Gasteiger partial charge < -0.3 is 10.2 Å². The lowest BCUT2D eigenvalue weighted by atomic mass is 9.96. The highest BCUT2D eigenvalue weighted by Crippen LogP contribution is 2.36. The van der Waals surface area contributed by atoms with Crippen LogP contribution in [-0.4, -0.2) is 39.2 Å². The van der Waals surface area contributed by atoms with Gasteiger partial charge in [-0.15, -0.1) is 21.5 Å². The summed E-state index contributed by atoms with van der Waals surface area (Å²) in [6, 6.07) is 7.48. The first-order valence-corrected chi connectivity index (χ1v) is 12.4. The molecule has 1 N–H and O–H groups in total. The zero-order valence-electron chi connectivity index (χ0n) is 17.6. The molecular weight excluding hydrogens is 464 g/mol. The highest BCUT2D eigenvalue weighted by molar-refractivity contribution is 7.19. The standard InChI is InChI=1S/C22H21ClN6OS2/c1-12-13(2)31-21-17(12)18(24-11-25-21)29-9-7-14(8-10-29)19(30)26-22-28-27-20(32-22)15-5-3-4-6-16(15)23/h3-6,11,14H,7-10H2,1-2H3,(H,26,28,30). The van der Waals surface area contributed by atoms with Crippen molar-refractivity contribution in [3.8, 4) is 10.6 Å². The third kappa shape index (κ3) is 3.96. The molecule has 0 unspecified atom stereocenters. The van der Waals surface area contributed by atoms with E-state index in [4.69, 9.17) is 11.6 Å². The number of benzene rings is 1. The van der Waals surface area contributed by atoms with Crippen molar-refractivity contribution < 1.29 is 4.79 Å². The molecule has 0 atom stereocenters. The Morgan fingerprint density at radius 1 is 1.12 bits per heavy atom. The number of fused-ring (bicyclic) bond motifs is 1. The molecule has 4 heterocycles. The summed E-state index contributed by atoms with van der Waals surface area (Å²) in [5, 5.41) is 14.2. The fraction of sp³-hybridized carbons (Fsp3) is 0.318. The molecule has 1 aromatic carbocycles. The van der Waals surface area contributed by atoms with E-state index in [-0.39, 0.29) is 11.8 Å². The molecule has 7 nitrogen and oxygen atoms in total. The monoisotopic (exact) mass is 484 g/mol. The van der Waals surface area contributed by atoms with Crippen molar-refractivity contribution in [1.29, 1.82) is 0 Å². The number of hydrogen-bond donors (Lipinski definition) is 1. The summed E-state index contributed by atoms with van der Waals surface area (Å²) in [6.07, 6.45) is 3.16. The molecule has 1 aliphatic heterocycles. The van der Waals surface area contributed by atoms with Crippen LogP contribution in [-0.2, 0) is 4.79 Å². The van der Waals surface area contributed by atoms with Crippen LogP contribution in [0.1, 0.15) is 23.3 Å². The average molecular weight is 485 g/mol. The van der Waals surface area contributed by atoms with Crippen molar-refractivity contribution in [3.05, 3.63) is 46.1 Å². The van der Waals surface area contributed by atoms with Gasteiger partial charge in [-0.25, -0.2) is 9.97 Å². The fourth-order valence-corrected chi connectivity index (χ4v) is 6.04. The van der Waals surface area contributed by atoms with E-state index in [2.05, 4.69) is 44.2 Å². The van der Waals surface area contributed by atoms with E-state index in [9.17, 15) is 4.79 Å². The Hall–Kier alpha value is -2.62. The average Bonchev–Trinajstić information content (AvgIpc) is 3.38. The topological polar surface area (TPSA) is 83.9 Å². The van der Waals surface area contributed by atoms with Crippen molar-refractivity contribution in [3.63, 3.8) is 0 Å². The highest BCUT2D eigenvalue weighted by Gasteiger charge is 2.28. The Balaban J connectivity index is 1.25. The lowest BCUT2D eigenvalue weighted by Gasteiger charge is -2.32. The maximum atomic E-state index is 12.9. The predicted molar refractivity (Wildman–Crippen MR) is 131 cm³/mol. The van der Waals surface area contributed by atoms with Crippen molar-refractivity contribution in [2.75, 3.05) is 23.3 Å². The van der Waals surface area contributed by atoms with Gasteiger partial charge in [-0.2, -0.15) is 0 Å². The minimum Gasteiger partial charge on any atom is -0.356 e. The number of aromatic nitrogens is 4. The van der Waals surface area contributed by atoms with Crippen LogP contribution in [0.15, 0.2) is 30.6 Å². The number of piperidine rings is 1. The van der Waals surface area contributed by atoms with Gasteiger partial charge in [-0.05, 0) is 38.3 Å². The van der Waals surface area contributed by atoms with E-state index < -0.39 is 0 Å². The highest BCUT2D eigenvalue weighted by atomic mass is 35.5. The molecule has 10 heteroatoms. The summed E-state index contributed by atoms with van der Waals surface area (Å²) >= 11 is 9.28. The van der Waals surface area contributed by atoms with Gasteiger partial charge in [0.1, 0.15) is 17.0 Å². The largest absolute Gasteiger partial charge is 0.356 e. The minimum absolute atomic E-state index is 0.0121. The Kier molecular flexibility index (Phi) is 5.79. The molecule has 1 saturated heterocycles. The smallest absolute Gasteiger partial charge is 0.229 e. The number of nitrogens with zero attached hydrogens (tertiary/aromatic N) is 5. The van der Waals surface area contributed by atoms with Crippen LogP contribution in [0.5, 0.6) is 0 Å². The van der Waals surface area contributed by atoms with E-state index >= 15 is 0 Å². The number of anilines is 2. The van der Waals surface area contributed by atoms with E-state index in [0.717, 1.165) is 47.5 Å². The fourth-order valence-electron chi connectivity index (χ4n) is 3.98. The summed E-state index contributed by atoms with van der Waals surface area (Å²) in [5.74, 6) is 0.896. The van der Waals surface area contributed by atoms with Gasteiger partial charge in [0.15, 0.2) is 5.01 Å². The molecule has 4 aromatic rings. The number of aryl methyl sites for hydroxylation is 2. The van der Waals surface area contributed by atoms with Crippen molar-refractivity contribution in [1.82, 2.24) is 20.2 Å². The number of halogens is 1. The summed E-state index contributed by atoms with van der Waals surface area (Å²) in [4.78, 5) is 26.4. The lowest BCUT2D eigenvalue weighted by Crippen LogP contribution is -2.38. The van der Waals surface area contributed by atoms with Crippen LogP contribution in [0.2, 0.25) is 5.02 Å². The second-order valence-corrected chi connectivity index (χ2v) is 10.4. The molecule has 5 rings (SSSR count). The Morgan fingerprint density at radius 2 is 1.91 bits per heavy atom. The van der Waals surface area contributed by atoms with E-state index in [1.807, 2.05) is 24.3 Å². The van der Waals surface area contributed by atoms with Gasteiger partial charge in [0.2, 0.25) is 11.0 Å². The number of rotatable bonds is 4. The van der Waals surface area contributed by atoms with E-state index in [0.29, 0.717) is 15.2 Å². The maximum absolute atomic E-state index is 12.9. The number of nitrogens with one attached hydrogen (secondary N) is 1. The zero-order chi connectivity index (χ0) is 22.2. The van der Waals surface area contributed by atoms with Crippen molar-refractivity contribution in [2.24, 2.45) is 5.92 Å². The van der Waals surface area contributed by atoms with Crippen LogP contribution < -0.4 is 10.2 Å². The lowest BCUT2D eigenvalue weighted by molar-refractivity contribution is -0.120. The number of hydrogen-bond acceptors (Lipinski definition) is 8.